The normalized spacial score (nSPS) is 10.7. The Morgan fingerprint density at radius 1 is 1.30 bits per heavy atom. The van der Waals surface area contributed by atoms with Crippen LogP contribution in [-0.4, -0.2) is 28.7 Å². The van der Waals surface area contributed by atoms with Crippen LogP contribution in [0.3, 0.4) is 0 Å². The van der Waals surface area contributed by atoms with Crippen LogP contribution in [0, 0.1) is 0 Å². The molecule has 20 heavy (non-hydrogen) atoms. The van der Waals surface area contributed by atoms with Gasteiger partial charge in [0.15, 0.2) is 0 Å². The van der Waals surface area contributed by atoms with E-state index in [1.165, 1.54) is 0 Å². The van der Waals surface area contributed by atoms with E-state index in [-0.39, 0.29) is 12.0 Å². The molecule has 0 aliphatic heterocycles. The molecule has 5 heteroatoms. The van der Waals surface area contributed by atoms with Crippen molar-refractivity contribution in [1.29, 1.82) is 0 Å². The number of carboxylic acid groups (broad SMARTS) is 1. The predicted octanol–water partition coefficient (Wildman–Crippen LogP) is 1.84. The molecule has 0 spiro atoms. The van der Waals surface area contributed by atoms with Crippen molar-refractivity contribution in [2.75, 3.05) is 18.0 Å². The van der Waals surface area contributed by atoms with Crippen LogP contribution < -0.4 is 10.5 Å². The van der Waals surface area contributed by atoms with E-state index in [9.17, 15) is 9.59 Å². The summed E-state index contributed by atoms with van der Waals surface area (Å²) in [6.07, 6.45) is 0.110. The number of anilines is 1. The third-order valence-corrected chi connectivity index (χ3v) is 3.45. The quantitative estimate of drug-likeness (QED) is 0.903. The minimum Gasteiger partial charge on any atom is -0.481 e. The molecule has 0 bridgehead atoms. The summed E-state index contributed by atoms with van der Waals surface area (Å²) in [6, 6.07) is 9.15. The van der Waals surface area contributed by atoms with Gasteiger partial charge in [0.25, 0.3) is 5.56 Å². The lowest BCUT2D eigenvalue weighted by molar-refractivity contribution is -0.136. The molecule has 0 atom stereocenters. The van der Waals surface area contributed by atoms with Gasteiger partial charge in [-0.3, -0.25) is 9.59 Å². The third kappa shape index (κ3) is 2.82. The van der Waals surface area contributed by atoms with Crippen molar-refractivity contribution in [2.24, 2.45) is 7.05 Å². The minimum atomic E-state index is -0.799. The first-order valence-corrected chi connectivity index (χ1v) is 6.59. The first-order chi connectivity index (χ1) is 9.52. The molecule has 2 aromatic rings. The number of carboxylic acids is 1. The number of rotatable bonds is 5. The maximum Gasteiger partial charge on any atom is 0.305 e. The van der Waals surface area contributed by atoms with Gasteiger partial charge in [0.1, 0.15) is 0 Å². The van der Waals surface area contributed by atoms with Crippen molar-refractivity contribution < 1.29 is 9.90 Å². The molecule has 1 aromatic carbocycles. The van der Waals surface area contributed by atoms with Crippen LogP contribution in [-0.2, 0) is 11.8 Å². The topological polar surface area (TPSA) is 62.5 Å². The molecule has 0 aliphatic rings. The lowest BCUT2D eigenvalue weighted by atomic mass is 10.1. The Bertz CT molecular complexity index is 691. The maximum absolute atomic E-state index is 11.6. The summed E-state index contributed by atoms with van der Waals surface area (Å²) in [6.45, 7) is 3.21. The average molecular weight is 274 g/mol. The van der Waals surface area contributed by atoms with Gasteiger partial charge < -0.3 is 14.6 Å². The van der Waals surface area contributed by atoms with Gasteiger partial charge in [0, 0.05) is 37.3 Å². The van der Waals surface area contributed by atoms with Crippen LogP contribution in [0.1, 0.15) is 13.3 Å². The van der Waals surface area contributed by atoms with Crippen LogP contribution in [0.25, 0.3) is 10.9 Å². The zero-order valence-corrected chi connectivity index (χ0v) is 11.7. The maximum atomic E-state index is 11.6. The minimum absolute atomic E-state index is 0.0384. The van der Waals surface area contributed by atoms with Crippen molar-refractivity contribution >= 4 is 22.6 Å². The van der Waals surface area contributed by atoms with E-state index >= 15 is 0 Å². The number of aromatic nitrogens is 1. The van der Waals surface area contributed by atoms with Gasteiger partial charge in [-0.15, -0.1) is 0 Å². The molecule has 0 amide bonds. The molecule has 1 N–H and O–H groups in total. The third-order valence-electron chi connectivity index (χ3n) is 3.45. The first kappa shape index (κ1) is 14.1. The largest absolute Gasteiger partial charge is 0.481 e. The summed E-state index contributed by atoms with van der Waals surface area (Å²) in [5.41, 5.74) is 1.80. The van der Waals surface area contributed by atoms with E-state index in [1.807, 2.05) is 30.0 Å². The molecule has 1 heterocycles. The summed E-state index contributed by atoms with van der Waals surface area (Å²) in [5, 5.41) is 9.75. The molecular weight excluding hydrogens is 256 g/mol. The molecule has 0 saturated carbocycles. The Hall–Kier alpha value is -2.30. The van der Waals surface area contributed by atoms with Gasteiger partial charge >= 0.3 is 5.97 Å². The van der Waals surface area contributed by atoms with E-state index in [2.05, 4.69) is 0 Å². The highest BCUT2D eigenvalue weighted by atomic mass is 16.4. The number of aliphatic carboxylic acids is 1. The Labute approximate surface area is 117 Å². The molecule has 0 radical (unpaired) electrons. The average Bonchev–Trinajstić information content (AvgIpc) is 2.43. The summed E-state index contributed by atoms with van der Waals surface area (Å²) >= 11 is 0. The van der Waals surface area contributed by atoms with Crippen molar-refractivity contribution in [1.82, 2.24) is 4.57 Å². The van der Waals surface area contributed by atoms with Crippen LogP contribution in [0.4, 0.5) is 5.69 Å². The summed E-state index contributed by atoms with van der Waals surface area (Å²) in [7, 11) is 1.74. The van der Waals surface area contributed by atoms with E-state index in [0.717, 1.165) is 23.1 Å². The Morgan fingerprint density at radius 3 is 2.70 bits per heavy atom. The zero-order valence-electron chi connectivity index (χ0n) is 11.7. The Morgan fingerprint density at radius 2 is 2.05 bits per heavy atom. The summed E-state index contributed by atoms with van der Waals surface area (Å²) < 4.78 is 1.60. The molecule has 2 rings (SSSR count). The Balaban J connectivity index is 2.37. The second-order valence-electron chi connectivity index (χ2n) is 4.70. The number of nitrogens with zero attached hydrogens (tertiary/aromatic N) is 2. The van der Waals surface area contributed by atoms with Gasteiger partial charge in [-0.2, -0.15) is 0 Å². The highest BCUT2D eigenvalue weighted by Gasteiger charge is 2.08. The highest BCUT2D eigenvalue weighted by molar-refractivity contribution is 5.83. The van der Waals surface area contributed by atoms with E-state index in [4.69, 9.17) is 5.11 Å². The zero-order chi connectivity index (χ0) is 14.7. The van der Waals surface area contributed by atoms with Gasteiger partial charge in [-0.1, -0.05) is 0 Å². The SMILES string of the molecule is CCN(CCC(=O)O)c1ccc2c(ccc(=O)n2C)c1. The van der Waals surface area contributed by atoms with Crippen LogP contribution >= 0.6 is 0 Å². The fraction of sp³-hybridized carbons (Fsp3) is 0.333. The molecule has 1 aromatic heterocycles. The van der Waals surface area contributed by atoms with Gasteiger partial charge in [-0.05, 0) is 31.2 Å². The van der Waals surface area contributed by atoms with E-state index in [0.29, 0.717) is 6.54 Å². The monoisotopic (exact) mass is 274 g/mol. The van der Waals surface area contributed by atoms with Crippen LogP contribution in [0.15, 0.2) is 35.1 Å². The smallest absolute Gasteiger partial charge is 0.305 e. The highest BCUT2D eigenvalue weighted by Crippen LogP contribution is 2.21. The first-order valence-electron chi connectivity index (χ1n) is 6.59. The molecule has 0 fully saturated rings. The second kappa shape index (κ2) is 5.77. The second-order valence-corrected chi connectivity index (χ2v) is 4.70. The molecule has 0 unspecified atom stereocenters. The van der Waals surface area contributed by atoms with E-state index < -0.39 is 5.97 Å². The number of hydrogen-bond acceptors (Lipinski definition) is 3. The fourth-order valence-corrected chi connectivity index (χ4v) is 2.27. The Kier molecular flexibility index (Phi) is 4.08. The van der Waals surface area contributed by atoms with Crippen LogP contribution in [0.2, 0.25) is 0 Å². The summed E-state index contributed by atoms with van der Waals surface area (Å²) in [4.78, 5) is 24.3. The summed E-state index contributed by atoms with van der Waals surface area (Å²) in [5.74, 6) is -0.799. The molecular formula is C15H18N2O3. The van der Waals surface area contributed by atoms with Gasteiger partial charge in [0.05, 0.1) is 11.9 Å². The molecule has 106 valence electrons. The number of benzene rings is 1. The number of hydrogen-bond donors (Lipinski definition) is 1. The van der Waals surface area contributed by atoms with Crippen molar-refractivity contribution in [3.8, 4) is 0 Å². The standard InChI is InChI=1S/C15H18N2O3/c1-3-17(9-8-15(19)20)12-5-6-13-11(10-12)4-7-14(18)16(13)2/h4-7,10H,3,8-9H2,1-2H3,(H,19,20). The fourth-order valence-electron chi connectivity index (χ4n) is 2.27. The lowest BCUT2D eigenvalue weighted by Crippen LogP contribution is -2.25. The van der Waals surface area contributed by atoms with Gasteiger partial charge in [-0.25, -0.2) is 0 Å². The number of fused-ring (bicyclic) bond motifs is 1. The van der Waals surface area contributed by atoms with E-state index in [1.54, 1.807) is 23.7 Å². The van der Waals surface area contributed by atoms with Crippen LogP contribution in [0.5, 0.6) is 0 Å². The lowest BCUT2D eigenvalue weighted by Gasteiger charge is -2.22. The van der Waals surface area contributed by atoms with Crippen molar-refractivity contribution in [2.45, 2.75) is 13.3 Å². The molecule has 5 nitrogen and oxygen atoms in total. The molecule has 0 saturated heterocycles. The number of pyridine rings is 1. The number of aryl methyl sites for hydroxylation is 1. The molecule has 0 aliphatic carbocycles. The van der Waals surface area contributed by atoms with Gasteiger partial charge in [0.2, 0.25) is 0 Å². The number of carbonyl (C=O) groups is 1. The van der Waals surface area contributed by atoms with Crippen molar-refractivity contribution in [3.05, 3.63) is 40.7 Å². The predicted molar refractivity (Wildman–Crippen MR) is 79.3 cm³/mol. The van der Waals surface area contributed by atoms with Crippen molar-refractivity contribution in [3.63, 3.8) is 0 Å².